The Kier molecular flexibility index (Phi) is 4.63. The maximum absolute atomic E-state index is 12.1. The molecule has 1 amide bonds. The van der Waals surface area contributed by atoms with Gasteiger partial charge in [-0.3, -0.25) is 4.79 Å². The molecule has 5 heteroatoms. The van der Waals surface area contributed by atoms with Crippen LogP contribution in [-0.2, 0) is 0 Å². The van der Waals surface area contributed by atoms with Gasteiger partial charge in [0, 0.05) is 24.7 Å². The smallest absolute Gasteiger partial charge is 0.251 e. The van der Waals surface area contributed by atoms with Crippen molar-refractivity contribution in [3.8, 4) is 0 Å². The summed E-state index contributed by atoms with van der Waals surface area (Å²) in [6.45, 7) is 7.74. The van der Waals surface area contributed by atoms with Crippen LogP contribution in [0.2, 0.25) is 0 Å². The first-order valence-corrected chi connectivity index (χ1v) is 7.31. The van der Waals surface area contributed by atoms with Gasteiger partial charge in [-0.05, 0) is 53.1 Å². The van der Waals surface area contributed by atoms with Crippen molar-refractivity contribution in [2.45, 2.75) is 26.8 Å². The highest BCUT2D eigenvalue weighted by molar-refractivity contribution is 5.97. The number of imidazole rings is 1. The predicted molar refractivity (Wildman–Crippen MR) is 85.7 cm³/mol. The standard InChI is InChI=1S/C16H24N4O/c1-11(2)20-12(3)18-14-10-13(6-7-15(14)20)16(21)17-8-9-19(4)5/h6-7,10-11H,8-9H2,1-5H3,(H,17,21). The van der Waals surface area contributed by atoms with Crippen LogP contribution in [0.3, 0.4) is 0 Å². The second kappa shape index (κ2) is 6.26. The molecule has 1 N–H and O–H groups in total. The van der Waals surface area contributed by atoms with Crippen molar-refractivity contribution >= 4 is 16.9 Å². The fourth-order valence-electron chi connectivity index (χ4n) is 2.51. The molecule has 0 fully saturated rings. The van der Waals surface area contributed by atoms with Gasteiger partial charge < -0.3 is 14.8 Å². The zero-order chi connectivity index (χ0) is 15.6. The third-order valence-corrected chi connectivity index (χ3v) is 3.49. The van der Waals surface area contributed by atoms with Crippen molar-refractivity contribution in [3.05, 3.63) is 29.6 Å². The molecular formula is C16H24N4O. The van der Waals surface area contributed by atoms with Gasteiger partial charge in [-0.1, -0.05) is 0 Å². The number of amides is 1. The van der Waals surface area contributed by atoms with Crippen LogP contribution in [0.15, 0.2) is 18.2 Å². The van der Waals surface area contributed by atoms with E-state index in [-0.39, 0.29) is 5.91 Å². The number of benzene rings is 1. The van der Waals surface area contributed by atoms with E-state index in [9.17, 15) is 4.79 Å². The van der Waals surface area contributed by atoms with Gasteiger partial charge in [-0.2, -0.15) is 0 Å². The van der Waals surface area contributed by atoms with Crippen molar-refractivity contribution in [2.75, 3.05) is 27.2 Å². The van der Waals surface area contributed by atoms with Crippen molar-refractivity contribution in [2.24, 2.45) is 0 Å². The maximum Gasteiger partial charge on any atom is 0.251 e. The van der Waals surface area contributed by atoms with Crippen LogP contribution in [0, 0.1) is 6.92 Å². The van der Waals surface area contributed by atoms with E-state index in [1.807, 2.05) is 44.1 Å². The van der Waals surface area contributed by atoms with Gasteiger partial charge in [-0.25, -0.2) is 4.98 Å². The number of hydrogen-bond donors (Lipinski definition) is 1. The van der Waals surface area contributed by atoms with Crippen LogP contribution in [0.1, 0.15) is 36.1 Å². The molecule has 0 saturated heterocycles. The Hall–Kier alpha value is -1.88. The molecule has 0 aliphatic heterocycles. The average molecular weight is 288 g/mol. The van der Waals surface area contributed by atoms with Gasteiger partial charge in [0.05, 0.1) is 11.0 Å². The summed E-state index contributed by atoms with van der Waals surface area (Å²) in [6.07, 6.45) is 0. The first-order valence-electron chi connectivity index (χ1n) is 7.31. The Morgan fingerprint density at radius 2 is 2.10 bits per heavy atom. The summed E-state index contributed by atoms with van der Waals surface area (Å²) < 4.78 is 2.18. The van der Waals surface area contributed by atoms with Crippen molar-refractivity contribution in [1.82, 2.24) is 19.8 Å². The molecule has 0 saturated carbocycles. The van der Waals surface area contributed by atoms with Crippen LogP contribution in [0.5, 0.6) is 0 Å². The first kappa shape index (κ1) is 15.5. The minimum atomic E-state index is -0.0458. The lowest BCUT2D eigenvalue weighted by Gasteiger charge is -2.11. The molecule has 5 nitrogen and oxygen atoms in total. The summed E-state index contributed by atoms with van der Waals surface area (Å²) in [5.74, 6) is 0.931. The number of nitrogens with zero attached hydrogens (tertiary/aromatic N) is 3. The molecule has 0 spiro atoms. The van der Waals surface area contributed by atoms with Gasteiger partial charge in [0.15, 0.2) is 0 Å². The molecule has 0 atom stereocenters. The van der Waals surface area contributed by atoms with E-state index in [2.05, 4.69) is 28.7 Å². The maximum atomic E-state index is 12.1. The second-order valence-corrected chi connectivity index (χ2v) is 5.89. The minimum Gasteiger partial charge on any atom is -0.351 e. The Morgan fingerprint density at radius 3 is 2.71 bits per heavy atom. The zero-order valence-corrected chi connectivity index (χ0v) is 13.5. The third kappa shape index (κ3) is 3.42. The van der Waals surface area contributed by atoms with E-state index in [4.69, 9.17) is 0 Å². The van der Waals surface area contributed by atoms with E-state index in [0.29, 0.717) is 18.2 Å². The van der Waals surface area contributed by atoms with Crippen molar-refractivity contribution in [1.29, 1.82) is 0 Å². The molecule has 0 radical (unpaired) electrons. The molecule has 114 valence electrons. The predicted octanol–water partition coefficient (Wildman–Crippen LogP) is 2.22. The molecule has 2 aromatic rings. The fraction of sp³-hybridized carbons (Fsp3) is 0.500. The summed E-state index contributed by atoms with van der Waals surface area (Å²) >= 11 is 0. The van der Waals surface area contributed by atoms with Crippen LogP contribution in [0.25, 0.3) is 11.0 Å². The van der Waals surface area contributed by atoms with E-state index in [0.717, 1.165) is 23.4 Å². The molecule has 0 aliphatic rings. The normalized spacial score (nSPS) is 11.6. The van der Waals surface area contributed by atoms with E-state index < -0.39 is 0 Å². The van der Waals surface area contributed by atoms with Gasteiger partial charge in [0.25, 0.3) is 5.91 Å². The van der Waals surface area contributed by atoms with Gasteiger partial charge in [-0.15, -0.1) is 0 Å². The topological polar surface area (TPSA) is 50.2 Å². The lowest BCUT2D eigenvalue weighted by Crippen LogP contribution is -2.31. The number of likely N-dealkylation sites (N-methyl/N-ethyl adjacent to an activating group) is 1. The van der Waals surface area contributed by atoms with Gasteiger partial charge in [0.2, 0.25) is 0 Å². The van der Waals surface area contributed by atoms with Crippen LogP contribution in [-0.4, -0.2) is 47.5 Å². The highest BCUT2D eigenvalue weighted by Crippen LogP contribution is 2.21. The van der Waals surface area contributed by atoms with Crippen molar-refractivity contribution < 1.29 is 4.79 Å². The average Bonchev–Trinajstić information content (AvgIpc) is 2.72. The lowest BCUT2D eigenvalue weighted by atomic mass is 10.2. The number of nitrogens with one attached hydrogen (secondary N) is 1. The molecule has 0 bridgehead atoms. The number of aromatic nitrogens is 2. The summed E-state index contributed by atoms with van der Waals surface area (Å²) in [5, 5.41) is 2.92. The SMILES string of the molecule is Cc1nc2cc(C(=O)NCCN(C)C)ccc2n1C(C)C. The van der Waals surface area contributed by atoms with Crippen LogP contribution < -0.4 is 5.32 Å². The third-order valence-electron chi connectivity index (χ3n) is 3.49. The quantitative estimate of drug-likeness (QED) is 0.918. The Balaban J connectivity index is 2.21. The Labute approximate surface area is 126 Å². The van der Waals surface area contributed by atoms with Crippen LogP contribution in [0.4, 0.5) is 0 Å². The molecule has 0 aliphatic carbocycles. The van der Waals surface area contributed by atoms with Crippen molar-refractivity contribution in [3.63, 3.8) is 0 Å². The summed E-state index contributed by atoms with van der Waals surface area (Å²) in [6, 6.07) is 6.07. The number of carbonyl (C=O) groups is 1. The molecule has 0 unspecified atom stereocenters. The largest absolute Gasteiger partial charge is 0.351 e. The molecular weight excluding hydrogens is 264 g/mol. The molecule has 1 aromatic carbocycles. The summed E-state index contributed by atoms with van der Waals surface area (Å²) in [5.41, 5.74) is 2.61. The Bertz CT molecular complexity index is 643. The van der Waals surface area contributed by atoms with E-state index >= 15 is 0 Å². The highest BCUT2D eigenvalue weighted by atomic mass is 16.1. The number of fused-ring (bicyclic) bond motifs is 1. The van der Waals surface area contributed by atoms with E-state index in [1.54, 1.807) is 0 Å². The van der Waals surface area contributed by atoms with Gasteiger partial charge >= 0.3 is 0 Å². The van der Waals surface area contributed by atoms with Gasteiger partial charge in [0.1, 0.15) is 5.82 Å². The van der Waals surface area contributed by atoms with Crippen LogP contribution >= 0.6 is 0 Å². The fourth-order valence-corrected chi connectivity index (χ4v) is 2.51. The number of rotatable bonds is 5. The molecule has 2 rings (SSSR count). The Morgan fingerprint density at radius 1 is 1.38 bits per heavy atom. The van der Waals surface area contributed by atoms with E-state index in [1.165, 1.54) is 0 Å². The summed E-state index contributed by atoms with van der Waals surface area (Å²) in [7, 11) is 3.97. The number of carbonyl (C=O) groups excluding carboxylic acids is 1. The molecule has 21 heavy (non-hydrogen) atoms. The highest BCUT2D eigenvalue weighted by Gasteiger charge is 2.12. The minimum absolute atomic E-state index is 0.0458. The first-order chi connectivity index (χ1) is 9.90. The number of hydrogen-bond acceptors (Lipinski definition) is 3. The number of aryl methyl sites for hydroxylation is 1. The monoisotopic (exact) mass is 288 g/mol. The zero-order valence-electron chi connectivity index (χ0n) is 13.5. The second-order valence-electron chi connectivity index (χ2n) is 5.89. The lowest BCUT2D eigenvalue weighted by molar-refractivity contribution is 0.0951. The molecule has 1 heterocycles. The summed E-state index contributed by atoms with van der Waals surface area (Å²) in [4.78, 5) is 18.7. The molecule has 1 aromatic heterocycles.